The third-order valence-corrected chi connectivity index (χ3v) is 2.75. The summed E-state index contributed by atoms with van der Waals surface area (Å²) in [5, 5.41) is 13.8. The van der Waals surface area contributed by atoms with Crippen molar-refractivity contribution in [3.8, 4) is 0 Å². The van der Waals surface area contributed by atoms with Crippen molar-refractivity contribution < 1.29 is 19.5 Å². The van der Waals surface area contributed by atoms with Crippen LogP contribution < -0.4 is 10.6 Å². The molecule has 1 unspecified atom stereocenters. The van der Waals surface area contributed by atoms with Crippen molar-refractivity contribution in [2.24, 2.45) is 5.92 Å². The van der Waals surface area contributed by atoms with Crippen molar-refractivity contribution >= 4 is 17.8 Å². The molecule has 0 aliphatic carbocycles. The van der Waals surface area contributed by atoms with Gasteiger partial charge in [0.05, 0.1) is 5.92 Å². The molecule has 1 atom stereocenters. The van der Waals surface area contributed by atoms with Crippen LogP contribution in [-0.2, 0) is 14.4 Å². The van der Waals surface area contributed by atoms with Gasteiger partial charge in [0.2, 0.25) is 11.8 Å². The SMILES string of the molecule is O=C(O)CCCCNC(=O)C1CCC(=O)NC1. The van der Waals surface area contributed by atoms with E-state index in [1.807, 2.05) is 0 Å². The minimum atomic E-state index is -0.814. The molecule has 6 heteroatoms. The van der Waals surface area contributed by atoms with Gasteiger partial charge in [0.1, 0.15) is 0 Å². The molecular weight excluding hydrogens is 224 g/mol. The molecule has 0 saturated carbocycles. The van der Waals surface area contributed by atoms with Gasteiger partial charge in [-0.25, -0.2) is 0 Å². The summed E-state index contributed by atoms with van der Waals surface area (Å²) in [4.78, 5) is 32.8. The first-order valence-electron chi connectivity index (χ1n) is 5.86. The van der Waals surface area contributed by atoms with Crippen molar-refractivity contribution in [2.75, 3.05) is 13.1 Å². The molecule has 0 aromatic rings. The van der Waals surface area contributed by atoms with Crippen molar-refractivity contribution in [3.05, 3.63) is 0 Å². The van der Waals surface area contributed by atoms with Crippen LogP contribution in [-0.4, -0.2) is 36.0 Å². The molecule has 2 amide bonds. The van der Waals surface area contributed by atoms with E-state index < -0.39 is 5.97 Å². The van der Waals surface area contributed by atoms with E-state index in [4.69, 9.17) is 5.11 Å². The quantitative estimate of drug-likeness (QED) is 0.566. The van der Waals surface area contributed by atoms with E-state index in [1.165, 1.54) is 0 Å². The average Bonchev–Trinajstić information content (AvgIpc) is 2.29. The number of carboxylic acids is 1. The van der Waals surface area contributed by atoms with Crippen LogP contribution in [0.4, 0.5) is 0 Å². The molecule has 0 spiro atoms. The predicted molar refractivity (Wildman–Crippen MR) is 60.2 cm³/mol. The first-order chi connectivity index (χ1) is 8.09. The van der Waals surface area contributed by atoms with Crippen LogP contribution in [0.5, 0.6) is 0 Å². The molecule has 3 N–H and O–H groups in total. The number of nitrogens with one attached hydrogen (secondary N) is 2. The lowest BCUT2D eigenvalue weighted by molar-refractivity contribution is -0.137. The maximum atomic E-state index is 11.6. The van der Waals surface area contributed by atoms with E-state index in [9.17, 15) is 14.4 Å². The zero-order chi connectivity index (χ0) is 12.7. The number of amides is 2. The fourth-order valence-corrected chi connectivity index (χ4v) is 1.71. The molecule has 0 aromatic carbocycles. The second kappa shape index (κ2) is 6.88. The summed E-state index contributed by atoms with van der Waals surface area (Å²) in [6.07, 6.45) is 2.35. The van der Waals surface area contributed by atoms with Gasteiger partial charge in [0, 0.05) is 25.9 Å². The number of piperidine rings is 1. The van der Waals surface area contributed by atoms with Crippen LogP contribution in [0, 0.1) is 5.92 Å². The highest BCUT2D eigenvalue weighted by molar-refractivity contribution is 5.83. The Morgan fingerprint density at radius 3 is 2.76 bits per heavy atom. The van der Waals surface area contributed by atoms with Crippen LogP contribution in [0.3, 0.4) is 0 Å². The number of hydrogen-bond acceptors (Lipinski definition) is 3. The third kappa shape index (κ3) is 5.33. The molecule has 0 radical (unpaired) electrons. The summed E-state index contributed by atoms with van der Waals surface area (Å²) in [6, 6.07) is 0. The molecule has 1 saturated heterocycles. The van der Waals surface area contributed by atoms with E-state index in [1.54, 1.807) is 0 Å². The Kier molecular flexibility index (Phi) is 5.45. The van der Waals surface area contributed by atoms with E-state index in [2.05, 4.69) is 10.6 Å². The van der Waals surface area contributed by atoms with Crippen LogP contribution in [0.15, 0.2) is 0 Å². The Labute approximate surface area is 99.8 Å². The molecule has 17 heavy (non-hydrogen) atoms. The minimum Gasteiger partial charge on any atom is -0.481 e. The summed E-state index contributed by atoms with van der Waals surface area (Å²) in [7, 11) is 0. The zero-order valence-electron chi connectivity index (χ0n) is 9.70. The fourth-order valence-electron chi connectivity index (χ4n) is 1.71. The van der Waals surface area contributed by atoms with Crippen LogP contribution >= 0.6 is 0 Å². The minimum absolute atomic E-state index is 0.00416. The van der Waals surface area contributed by atoms with Gasteiger partial charge in [0.15, 0.2) is 0 Å². The molecule has 1 rings (SSSR count). The number of carbonyl (C=O) groups excluding carboxylic acids is 2. The Hall–Kier alpha value is -1.59. The maximum absolute atomic E-state index is 11.6. The summed E-state index contributed by atoms with van der Waals surface area (Å²) in [5.74, 6) is -1.02. The number of unbranched alkanes of at least 4 members (excludes halogenated alkanes) is 1. The van der Waals surface area contributed by atoms with Gasteiger partial charge in [-0.3, -0.25) is 14.4 Å². The van der Waals surface area contributed by atoms with Crippen LogP contribution in [0.25, 0.3) is 0 Å². The van der Waals surface area contributed by atoms with Crippen molar-refractivity contribution in [1.29, 1.82) is 0 Å². The molecule has 1 aliphatic heterocycles. The van der Waals surface area contributed by atoms with Crippen molar-refractivity contribution in [2.45, 2.75) is 32.1 Å². The lowest BCUT2D eigenvalue weighted by atomic mass is 9.98. The Morgan fingerprint density at radius 1 is 1.41 bits per heavy atom. The Morgan fingerprint density at radius 2 is 2.18 bits per heavy atom. The zero-order valence-corrected chi connectivity index (χ0v) is 9.70. The smallest absolute Gasteiger partial charge is 0.303 e. The van der Waals surface area contributed by atoms with E-state index >= 15 is 0 Å². The van der Waals surface area contributed by atoms with E-state index in [-0.39, 0.29) is 24.2 Å². The first-order valence-corrected chi connectivity index (χ1v) is 5.86. The van der Waals surface area contributed by atoms with Crippen molar-refractivity contribution in [1.82, 2.24) is 10.6 Å². The highest BCUT2D eigenvalue weighted by Gasteiger charge is 2.23. The van der Waals surface area contributed by atoms with Gasteiger partial charge in [-0.1, -0.05) is 0 Å². The highest BCUT2D eigenvalue weighted by Crippen LogP contribution is 2.10. The molecular formula is C11H18N2O4. The molecule has 1 fully saturated rings. The third-order valence-electron chi connectivity index (χ3n) is 2.75. The van der Waals surface area contributed by atoms with Gasteiger partial charge in [-0.15, -0.1) is 0 Å². The van der Waals surface area contributed by atoms with Gasteiger partial charge in [-0.05, 0) is 19.3 Å². The van der Waals surface area contributed by atoms with Crippen LogP contribution in [0.1, 0.15) is 32.1 Å². The normalized spacial score (nSPS) is 19.5. The standard InChI is InChI=1S/C11H18N2O4/c14-9-5-4-8(7-13-9)11(17)12-6-2-1-3-10(15)16/h8H,1-7H2,(H,12,17)(H,13,14)(H,15,16). The van der Waals surface area contributed by atoms with Crippen LogP contribution in [0.2, 0.25) is 0 Å². The lowest BCUT2D eigenvalue weighted by Gasteiger charge is -2.21. The number of rotatable bonds is 6. The van der Waals surface area contributed by atoms with Gasteiger partial charge in [0.25, 0.3) is 0 Å². The monoisotopic (exact) mass is 242 g/mol. The number of carboxylic acid groups (broad SMARTS) is 1. The topological polar surface area (TPSA) is 95.5 Å². The molecule has 0 bridgehead atoms. The second-order valence-electron chi connectivity index (χ2n) is 4.18. The number of hydrogen-bond donors (Lipinski definition) is 3. The van der Waals surface area contributed by atoms with Gasteiger partial charge in [-0.2, -0.15) is 0 Å². The molecule has 0 aromatic heterocycles. The fraction of sp³-hybridized carbons (Fsp3) is 0.727. The Bertz CT molecular complexity index is 294. The largest absolute Gasteiger partial charge is 0.481 e. The summed E-state index contributed by atoms with van der Waals surface area (Å²) < 4.78 is 0. The lowest BCUT2D eigenvalue weighted by Crippen LogP contribution is -2.43. The van der Waals surface area contributed by atoms with Gasteiger partial charge < -0.3 is 15.7 Å². The van der Waals surface area contributed by atoms with E-state index in [0.29, 0.717) is 38.8 Å². The summed E-state index contributed by atoms with van der Waals surface area (Å²) in [5.41, 5.74) is 0. The predicted octanol–water partition coefficient (Wildman–Crippen LogP) is -0.116. The van der Waals surface area contributed by atoms with Crippen molar-refractivity contribution in [3.63, 3.8) is 0 Å². The molecule has 6 nitrogen and oxygen atoms in total. The number of carbonyl (C=O) groups is 3. The molecule has 1 aliphatic rings. The Balaban J connectivity index is 2.08. The highest BCUT2D eigenvalue weighted by atomic mass is 16.4. The summed E-state index contributed by atoms with van der Waals surface area (Å²) >= 11 is 0. The second-order valence-corrected chi connectivity index (χ2v) is 4.18. The molecule has 96 valence electrons. The summed E-state index contributed by atoms with van der Waals surface area (Å²) in [6.45, 7) is 0.899. The van der Waals surface area contributed by atoms with Gasteiger partial charge >= 0.3 is 5.97 Å². The maximum Gasteiger partial charge on any atom is 0.303 e. The van der Waals surface area contributed by atoms with E-state index in [0.717, 1.165) is 0 Å². The number of aliphatic carboxylic acids is 1. The average molecular weight is 242 g/mol. The first kappa shape index (κ1) is 13.5. The molecule has 1 heterocycles.